The molecule has 144 valence electrons. The Labute approximate surface area is 160 Å². The van der Waals surface area contributed by atoms with Crippen molar-refractivity contribution in [2.75, 3.05) is 24.3 Å². The van der Waals surface area contributed by atoms with E-state index in [9.17, 15) is 13.6 Å². The maximum absolute atomic E-state index is 13.7. The van der Waals surface area contributed by atoms with Gasteiger partial charge < -0.3 is 15.4 Å². The van der Waals surface area contributed by atoms with Crippen LogP contribution in [0.25, 0.3) is 0 Å². The van der Waals surface area contributed by atoms with Gasteiger partial charge in [-0.1, -0.05) is 18.2 Å². The van der Waals surface area contributed by atoms with Gasteiger partial charge >= 0.3 is 0 Å². The highest BCUT2D eigenvalue weighted by Crippen LogP contribution is 2.19. The molecule has 1 amide bonds. The molecule has 3 rings (SSSR count). The van der Waals surface area contributed by atoms with Crippen LogP contribution in [0.5, 0.6) is 5.75 Å². The Balaban J connectivity index is 1.60. The van der Waals surface area contributed by atoms with E-state index in [4.69, 9.17) is 4.74 Å². The van der Waals surface area contributed by atoms with Gasteiger partial charge in [0.05, 0.1) is 7.11 Å². The summed E-state index contributed by atoms with van der Waals surface area (Å²) in [6.07, 6.45) is 1.94. The van der Waals surface area contributed by atoms with Gasteiger partial charge in [0, 0.05) is 12.6 Å². The molecule has 0 aliphatic rings. The molecule has 0 unspecified atom stereocenters. The number of nitrogens with zero attached hydrogens (tertiary/aromatic N) is 2. The van der Waals surface area contributed by atoms with Gasteiger partial charge in [-0.25, -0.2) is 18.7 Å². The summed E-state index contributed by atoms with van der Waals surface area (Å²) in [5.41, 5.74) is 0.583. The average molecular weight is 384 g/mol. The van der Waals surface area contributed by atoms with E-state index in [2.05, 4.69) is 20.6 Å². The lowest BCUT2D eigenvalue weighted by molar-refractivity contribution is 0.102. The van der Waals surface area contributed by atoms with E-state index < -0.39 is 23.2 Å². The minimum absolute atomic E-state index is 0.00963. The molecular formula is C20H18F2N4O2. The molecule has 0 aliphatic carbocycles. The second kappa shape index (κ2) is 8.90. The van der Waals surface area contributed by atoms with Crippen molar-refractivity contribution in [2.45, 2.75) is 6.42 Å². The molecule has 0 aliphatic heterocycles. The summed E-state index contributed by atoms with van der Waals surface area (Å²) in [6, 6.07) is 12.4. The van der Waals surface area contributed by atoms with E-state index in [1.54, 1.807) is 7.11 Å². The quantitative estimate of drug-likeness (QED) is 0.650. The number of para-hydroxylation sites is 1. The summed E-state index contributed by atoms with van der Waals surface area (Å²) in [4.78, 5) is 20.2. The topological polar surface area (TPSA) is 76.1 Å². The fraction of sp³-hybridized carbons (Fsp3) is 0.150. The van der Waals surface area contributed by atoms with Crippen LogP contribution in [-0.4, -0.2) is 29.5 Å². The first-order chi connectivity index (χ1) is 13.6. The average Bonchev–Trinajstić information content (AvgIpc) is 2.71. The third kappa shape index (κ3) is 4.79. The van der Waals surface area contributed by atoms with E-state index >= 15 is 0 Å². The Kier molecular flexibility index (Phi) is 6.11. The van der Waals surface area contributed by atoms with Crippen molar-refractivity contribution in [3.63, 3.8) is 0 Å². The fourth-order valence-corrected chi connectivity index (χ4v) is 2.50. The molecule has 0 bridgehead atoms. The molecule has 0 atom stereocenters. The molecule has 0 radical (unpaired) electrons. The highest BCUT2D eigenvalue weighted by Gasteiger charge is 2.15. The molecule has 2 aromatic carbocycles. The predicted molar refractivity (Wildman–Crippen MR) is 102 cm³/mol. The van der Waals surface area contributed by atoms with Crippen LogP contribution in [0.15, 0.2) is 54.9 Å². The SMILES string of the molecule is COc1ccc(CCNc2cc(C(=O)Nc3c(F)cccc3F)ncn2)cc1. The number of benzene rings is 2. The Bertz CT molecular complexity index is 944. The minimum Gasteiger partial charge on any atom is -0.497 e. The first-order valence-corrected chi connectivity index (χ1v) is 8.51. The second-order valence-corrected chi connectivity index (χ2v) is 5.86. The zero-order chi connectivity index (χ0) is 19.9. The van der Waals surface area contributed by atoms with Crippen LogP contribution in [0.3, 0.4) is 0 Å². The molecule has 1 heterocycles. The van der Waals surface area contributed by atoms with Crippen molar-refractivity contribution >= 4 is 17.4 Å². The molecule has 0 saturated carbocycles. The predicted octanol–water partition coefficient (Wildman–Crippen LogP) is 3.67. The molecule has 0 spiro atoms. The molecule has 6 nitrogen and oxygen atoms in total. The van der Waals surface area contributed by atoms with Crippen molar-refractivity contribution in [3.05, 3.63) is 77.8 Å². The Morgan fingerprint density at radius 2 is 1.79 bits per heavy atom. The third-order valence-corrected chi connectivity index (χ3v) is 3.98. The number of methoxy groups -OCH3 is 1. The Hall–Kier alpha value is -3.55. The normalized spacial score (nSPS) is 10.4. The Morgan fingerprint density at radius 1 is 1.07 bits per heavy atom. The van der Waals surface area contributed by atoms with Crippen LogP contribution in [0.1, 0.15) is 16.1 Å². The summed E-state index contributed by atoms with van der Waals surface area (Å²) in [5, 5.41) is 5.29. The number of carbonyl (C=O) groups is 1. The van der Waals surface area contributed by atoms with Crippen LogP contribution in [0, 0.1) is 11.6 Å². The summed E-state index contributed by atoms with van der Waals surface area (Å²) < 4.78 is 32.5. The number of halogens is 2. The number of nitrogens with one attached hydrogen (secondary N) is 2. The maximum atomic E-state index is 13.7. The fourth-order valence-electron chi connectivity index (χ4n) is 2.50. The first-order valence-electron chi connectivity index (χ1n) is 8.51. The second-order valence-electron chi connectivity index (χ2n) is 5.86. The molecule has 28 heavy (non-hydrogen) atoms. The van der Waals surface area contributed by atoms with E-state index in [0.29, 0.717) is 12.4 Å². The largest absolute Gasteiger partial charge is 0.497 e. The van der Waals surface area contributed by atoms with Crippen LogP contribution in [0.4, 0.5) is 20.3 Å². The maximum Gasteiger partial charge on any atom is 0.274 e. The molecule has 2 N–H and O–H groups in total. The van der Waals surface area contributed by atoms with Crippen LogP contribution >= 0.6 is 0 Å². The van der Waals surface area contributed by atoms with Gasteiger partial charge in [0.15, 0.2) is 0 Å². The zero-order valence-corrected chi connectivity index (χ0v) is 15.1. The van der Waals surface area contributed by atoms with E-state index in [-0.39, 0.29) is 5.69 Å². The number of hydrogen-bond acceptors (Lipinski definition) is 5. The molecule has 3 aromatic rings. The lowest BCUT2D eigenvalue weighted by Crippen LogP contribution is -2.17. The minimum atomic E-state index is -0.861. The molecule has 0 saturated heterocycles. The summed E-state index contributed by atoms with van der Waals surface area (Å²) in [7, 11) is 1.61. The number of ether oxygens (including phenoxy) is 1. The monoisotopic (exact) mass is 384 g/mol. The number of aromatic nitrogens is 2. The van der Waals surface area contributed by atoms with Crippen molar-refractivity contribution in [1.82, 2.24) is 9.97 Å². The highest BCUT2D eigenvalue weighted by atomic mass is 19.1. The van der Waals surface area contributed by atoms with Gasteiger partial charge in [-0.2, -0.15) is 0 Å². The molecule has 0 fully saturated rings. The standard InChI is InChI=1S/C20H18F2N4O2/c1-28-14-7-5-13(6-8-14)9-10-23-18-11-17(24-12-25-18)20(27)26-19-15(21)3-2-4-16(19)22/h2-8,11-12H,9-10H2,1H3,(H,26,27)(H,23,24,25). The van der Waals surface area contributed by atoms with Gasteiger partial charge in [0.1, 0.15) is 40.9 Å². The third-order valence-electron chi connectivity index (χ3n) is 3.98. The molecule has 8 heteroatoms. The van der Waals surface area contributed by atoms with Gasteiger partial charge in [-0.3, -0.25) is 4.79 Å². The van der Waals surface area contributed by atoms with Gasteiger partial charge in [-0.05, 0) is 36.2 Å². The van der Waals surface area contributed by atoms with E-state index in [1.807, 2.05) is 24.3 Å². The number of rotatable bonds is 7. The van der Waals surface area contributed by atoms with Crippen molar-refractivity contribution in [1.29, 1.82) is 0 Å². The number of anilines is 2. The Morgan fingerprint density at radius 3 is 2.46 bits per heavy atom. The number of amides is 1. The lowest BCUT2D eigenvalue weighted by atomic mass is 10.1. The van der Waals surface area contributed by atoms with Crippen molar-refractivity contribution in [2.24, 2.45) is 0 Å². The van der Waals surface area contributed by atoms with Crippen LogP contribution < -0.4 is 15.4 Å². The summed E-state index contributed by atoms with van der Waals surface area (Å²) in [5.74, 6) is -1.23. The first kappa shape index (κ1) is 19.2. The molecular weight excluding hydrogens is 366 g/mol. The van der Waals surface area contributed by atoms with Crippen molar-refractivity contribution < 1.29 is 18.3 Å². The van der Waals surface area contributed by atoms with Gasteiger partial charge in [-0.15, -0.1) is 0 Å². The van der Waals surface area contributed by atoms with Gasteiger partial charge in [0.2, 0.25) is 0 Å². The summed E-state index contributed by atoms with van der Waals surface area (Å²) >= 11 is 0. The number of hydrogen-bond donors (Lipinski definition) is 2. The van der Waals surface area contributed by atoms with Crippen molar-refractivity contribution in [3.8, 4) is 5.75 Å². The van der Waals surface area contributed by atoms with E-state index in [0.717, 1.165) is 29.9 Å². The van der Waals surface area contributed by atoms with Crippen LogP contribution in [0.2, 0.25) is 0 Å². The van der Waals surface area contributed by atoms with Crippen LogP contribution in [-0.2, 0) is 6.42 Å². The highest BCUT2D eigenvalue weighted by molar-refractivity contribution is 6.03. The lowest BCUT2D eigenvalue weighted by Gasteiger charge is -2.09. The van der Waals surface area contributed by atoms with E-state index in [1.165, 1.54) is 18.5 Å². The summed E-state index contributed by atoms with van der Waals surface area (Å²) in [6.45, 7) is 0.576. The number of carbonyl (C=O) groups excluding carboxylic acids is 1. The molecule has 1 aromatic heterocycles. The van der Waals surface area contributed by atoms with Gasteiger partial charge in [0.25, 0.3) is 5.91 Å². The smallest absolute Gasteiger partial charge is 0.274 e. The zero-order valence-electron chi connectivity index (χ0n) is 15.1.